The highest BCUT2D eigenvalue weighted by Crippen LogP contribution is 2.34. The number of H-pyrrole nitrogens is 1. The maximum atomic E-state index is 12.5. The van der Waals surface area contributed by atoms with Crippen molar-refractivity contribution in [2.45, 2.75) is 32.1 Å². The molecule has 5 heteroatoms. The average molecular weight is 313 g/mol. The molecule has 2 aromatic rings. The summed E-state index contributed by atoms with van der Waals surface area (Å²) in [5.74, 6) is 0.766. The van der Waals surface area contributed by atoms with Gasteiger partial charge in [0.25, 0.3) is 5.91 Å². The molecule has 1 amide bonds. The van der Waals surface area contributed by atoms with Gasteiger partial charge in [0, 0.05) is 24.2 Å². The van der Waals surface area contributed by atoms with Gasteiger partial charge in [0.1, 0.15) is 5.75 Å². The number of aromatic nitrogens is 2. The number of carbonyl (C=O) groups is 1. The van der Waals surface area contributed by atoms with E-state index in [1.165, 1.54) is 0 Å². The van der Waals surface area contributed by atoms with Crippen LogP contribution in [0, 0.1) is 6.92 Å². The van der Waals surface area contributed by atoms with Crippen LogP contribution < -0.4 is 4.74 Å². The standard InChI is InChI=1S/C18H23N3O2/c1-14-11-19-20-17(14)18(2)9-6-10-21(13-18)16(22)12-23-15-7-4-3-5-8-15/h3-5,7-8,11H,6,9-10,12-13H2,1-2H3,(H,19,20)/t18-/m1/s1. The van der Waals surface area contributed by atoms with Crippen LogP contribution in [0.3, 0.4) is 0 Å². The Kier molecular flexibility index (Phi) is 4.37. The third-order valence-electron chi connectivity index (χ3n) is 4.59. The molecule has 0 saturated carbocycles. The first-order valence-corrected chi connectivity index (χ1v) is 8.04. The molecule has 1 aliphatic heterocycles. The van der Waals surface area contributed by atoms with Gasteiger partial charge in [0.05, 0.1) is 6.20 Å². The van der Waals surface area contributed by atoms with E-state index in [-0.39, 0.29) is 17.9 Å². The molecule has 0 radical (unpaired) electrons. The van der Waals surface area contributed by atoms with Gasteiger partial charge >= 0.3 is 0 Å². The number of rotatable bonds is 4. The van der Waals surface area contributed by atoms with Gasteiger partial charge < -0.3 is 9.64 Å². The second-order valence-electron chi connectivity index (χ2n) is 6.51. The Morgan fingerprint density at radius 1 is 1.39 bits per heavy atom. The van der Waals surface area contributed by atoms with Gasteiger partial charge in [-0.1, -0.05) is 25.1 Å². The Hall–Kier alpha value is -2.30. The fourth-order valence-electron chi connectivity index (χ4n) is 3.37. The lowest BCUT2D eigenvalue weighted by molar-refractivity contribution is -0.135. The third kappa shape index (κ3) is 3.38. The quantitative estimate of drug-likeness (QED) is 0.944. The Balaban J connectivity index is 1.64. The summed E-state index contributed by atoms with van der Waals surface area (Å²) in [5, 5.41) is 7.25. The van der Waals surface area contributed by atoms with Crippen LogP contribution >= 0.6 is 0 Å². The molecule has 0 spiro atoms. The molecule has 5 nitrogen and oxygen atoms in total. The van der Waals surface area contributed by atoms with Crippen molar-refractivity contribution in [3.05, 3.63) is 47.8 Å². The zero-order valence-corrected chi connectivity index (χ0v) is 13.7. The number of likely N-dealkylation sites (tertiary alicyclic amines) is 1. The zero-order valence-electron chi connectivity index (χ0n) is 13.7. The molecule has 3 rings (SSSR count). The predicted molar refractivity (Wildman–Crippen MR) is 88.4 cm³/mol. The van der Waals surface area contributed by atoms with Crippen molar-refractivity contribution in [2.75, 3.05) is 19.7 Å². The second-order valence-corrected chi connectivity index (χ2v) is 6.51. The summed E-state index contributed by atoms with van der Waals surface area (Å²) in [6, 6.07) is 9.46. The molecule has 1 atom stereocenters. The van der Waals surface area contributed by atoms with Crippen molar-refractivity contribution >= 4 is 5.91 Å². The molecule has 0 unspecified atom stereocenters. The lowest BCUT2D eigenvalue weighted by Gasteiger charge is -2.40. The van der Waals surface area contributed by atoms with E-state index in [2.05, 4.69) is 24.0 Å². The van der Waals surface area contributed by atoms with E-state index >= 15 is 0 Å². The maximum absolute atomic E-state index is 12.5. The summed E-state index contributed by atoms with van der Waals surface area (Å²) in [6.45, 7) is 5.84. The molecule has 1 N–H and O–H groups in total. The molecule has 122 valence electrons. The van der Waals surface area contributed by atoms with Crippen LogP contribution in [-0.4, -0.2) is 40.7 Å². The van der Waals surface area contributed by atoms with E-state index in [4.69, 9.17) is 4.74 Å². The normalized spacial score (nSPS) is 21.2. The minimum absolute atomic E-state index is 0.0388. The number of ether oxygens (including phenoxy) is 1. The first kappa shape index (κ1) is 15.6. The minimum atomic E-state index is -0.0682. The average Bonchev–Trinajstić information content (AvgIpc) is 3.00. The molecule has 1 saturated heterocycles. The van der Waals surface area contributed by atoms with Crippen molar-refractivity contribution in [2.24, 2.45) is 0 Å². The Labute approximate surface area is 136 Å². The fraction of sp³-hybridized carbons (Fsp3) is 0.444. The second kappa shape index (κ2) is 6.44. The molecule has 1 aliphatic rings. The molecule has 0 bridgehead atoms. The molecular weight excluding hydrogens is 290 g/mol. The van der Waals surface area contributed by atoms with E-state index in [0.29, 0.717) is 6.54 Å². The molecular formula is C18H23N3O2. The third-order valence-corrected chi connectivity index (χ3v) is 4.59. The van der Waals surface area contributed by atoms with E-state index in [1.54, 1.807) is 0 Å². The van der Waals surface area contributed by atoms with Crippen LogP contribution in [0.1, 0.15) is 31.0 Å². The van der Waals surface area contributed by atoms with Crippen LogP contribution in [0.2, 0.25) is 0 Å². The molecule has 0 aliphatic carbocycles. The number of aromatic amines is 1. The monoisotopic (exact) mass is 313 g/mol. The highest BCUT2D eigenvalue weighted by atomic mass is 16.5. The number of piperidine rings is 1. The number of nitrogens with zero attached hydrogens (tertiary/aromatic N) is 2. The van der Waals surface area contributed by atoms with Crippen LogP contribution in [0.25, 0.3) is 0 Å². The minimum Gasteiger partial charge on any atom is -0.484 e. The van der Waals surface area contributed by atoms with Crippen molar-refractivity contribution in [1.29, 1.82) is 0 Å². The highest BCUT2D eigenvalue weighted by molar-refractivity contribution is 5.78. The van der Waals surface area contributed by atoms with Crippen molar-refractivity contribution in [1.82, 2.24) is 15.1 Å². The first-order valence-electron chi connectivity index (χ1n) is 8.04. The Morgan fingerprint density at radius 3 is 2.87 bits per heavy atom. The number of aryl methyl sites for hydroxylation is 1. The summed E-state index contributed by atoms with van der Waals surface area (Å²) >= 11 is 0. The predicted octanol–water partition coefficient (Wildman–Crippen LogP) is 2.68. The van der Waals surface area contributed by atoms with Gasteiger partial charge in [0.15, 0.2) is 6.61 Å². The van der Waals surface area contributed by atoms with Gasteiger partial charge in [-0.2, -0.15) is 5.10 Å². The van der Waals surface area contributed by atoms with Crippen molar-refractivity contribution in [3.63, 3.8) is 0 Å². The van der Waals surface area contributed by atoms with Crippen LogP contribution in [0.15, 0.2) is 36.5 Å². The molecule has 1 aromatic heterocycles. The number of carbonyl (C=O) groups excluding carboxylic acids is 1. The number of hydrogen-bond donors (Lipinski definition) is 1. The summed E-state index contributed by atoms with van der Waals surface area (Å²) < 4.78 is 5.59. The first-order chi connectivity index (χ1) is 11.1. The van der Waals surface area contributed by atoms with Gasteiger partial charge in [-0.3, -0.25) is 9.89 Å². The molecule has 2 heterocycles. The van der Waals surface area contributed by atoms with E-state index in [9.17, 15) is 4.79 Å². The fourth-order valence-corrected chi connectivity index (χ4v) is 3.37. The summed E-state index contributed by atoms with van der Waals surface area (Å²) in [6.07, 6.45) is 3.89. The van der Waals surface area contributed by atoms with Crippen molar-refractivity contribution in [3.8, 4) is 5.75 Å². The smallest absolute Gasteiger partial charge is 0.260 e. The Morgan fingerprint density at radius 2 is 2.17 bits per heavy atom. The lowest BCUT2D eigenvalue weighted by atomic mass is 9.77. The summed E-state index contributed by atoms with van der Waals surface area (Å²) in [5.41, 5.74) is 2.22. The topological polar surface area (TPSA) is 58.2 Å². The van der Waals surface area contributed by atoms with E-state index in [0.717, 1.165) is 36.4 Å². The Bertz CT molecular complexity index is 668. The SMILES string of the molecule is Cc1cn[nH]c1[C@]1(C)CCCN(C(=O)COc2ccccc2)C1. The highest BCUT2D eigenvalue weighted by Gasteiger charge is 2.36. The van der Waals surface area contributed by atoms with Gasteiger partial charge in [-0.05, 0) is 37.5 Å². The van der Waals surface area contributed by atoms with Gasteiger partial charge in [0.2, 0.25) is 0 Å². The van der Waals surface area contributed by atoms with E-state index in [1.807, 2.05) is 41.4 Å². The number of hydrogen-bond acceptors (Lipinski definition) is 3. The van der Waals surface area contributed by atoms with Gasteiger partial charge in [-0.15, -0.1) is 0 Å². The maximum Gasteiger partial charge on any atom is 0.260 e. The van der Waals surface area contributed by atoms with E-state index < -0.39 is 0 Å². The number of benzene rings is 1. The number of amides is 1. The van der Waals surface area contributed by atoms with Gasteiger partial charge in [-0.25, -0.2) is 0 Å². The summed E-state index contributed by atoms with van der Waals surface area (Å²) in [7, 11) is 0. The van der Waals surface area contributed by atoms with Crippen molar-refractivity contribution < 1.29 is 9.53 Å². The molecule has 1 aromatic carbocycles. The lowest BCUT2D eigenvalue weighted by Crippen LogP contribution is -2.48. The molecule has 1 fully saturated rings. The largest absolute Gasteiger partial charge is 0.484 e. The zero-order chi connectivity index (χ0) is 16.3. The molecule has 23 heavy (non-hydrogen) atoms. The van der Waals surface area contributed by atoms with Crippen LogP contribution in [0.5, 0.6) is 5.75 Å². The number of nitrogens with one attached hydrogen (secondary N) is 1. The summed E-state index contributed by atoms with van der Waals surface area (Å²) in [4.78, 5) is 14.4. The number of para-hydroxylation sites is 1. The van der Waals surface area contributed by atoms with Crippen LogP contribution in [-0.2, 0) is 10.2 Å². The van der Waals surface area contributed by atoms with Crippen LogP contribution in [0.4, 0.5) is 0 Å².